The van der Waals surface area contributed by atoms with Gasteiger partial charge in [0, 0.05) is 17.3 Å². The Labute approximate surface area is 188 Å². The largest absolute Gasteiger partial charge is 0.463 e. The third kappa shape index (κ3) is 5.87. The Morgan fingerprint density at radius 2 is 1.90 bits per heavy atom. The molecule has 3 rings (SSSR count). The van der Waals surface area contributed by atoms with Crippen LogP contribution in [-0.2, 0) is 16.0 Å². The van der Waals surface area contributed by atoms with E-state index < -0.39 is 12.0 Å². The van der Waals surface area contributed by atoms with Crippen molar-refractivity contribution in [2.75, 3.05) is 19.7 Å². The quantitative estimate of drug-likeness (QED) is 0.428. The number of halogens is 1. The molecule has 1 heterocycles. The molecule has 1 aliphatic rings. The van der Waals surface area contributed by atoms with Gasteiger partial charge >= 0.3 is 12.0 Å². The molecule has 0 aliphatic carbocycles. The summed E-state index contributed by atoms with van der Waals surface area (Å²) < 4.78 is 5.33. The van der Waals surface area contributed by atoms with E-state index in [9.17, 15) is 9.59 Å². The number of amides is 2. The Hall–Kier alpha value is -2.83. The molecule has 0 aromatic heterocycles. The lowest BCUT2D eigenvalue weighted by Crippen LogP contribution is -2.48. The Bertz CT molecular complexity index is 986. The fourth-order valence-electron chi connectivity index (χ4n) is 3.61. The molecule has 1 atom stereocenters. The summed E-state index contributed by atoms with van der Waals surface area (Å²) in [6.45, 7) is 7.00. The number of aryl methyl sites for hydroxylation is 2. The van der Waals surface area contributed by atoms with Crippen molar-refractivity contribution in [2.24, 2.45) is 0 Å². The molecule has 0 radical (unpaired) electrons. The van der Waals surface area contributed by atoms with Gasteiger partial charge in [0.15, 0.2) is 0 Å². The molecule has 0 unspecified atom stereocenters. The molecule has 0 saturated heterocycles. The van der Waals surface area contributed by atoms with Gasteiger partial charge in [-0.25, -0.2) is 9.59 Å². The van der Waals surface area contributed by atoms with Crippen LogP contribution in [0.3, 0.4) is 0 Å². The van der Waals surface area contributed by atoms with E-state index in [2.05, 4.69) is 16.0 Å². The third-order valence-electron chi connectivity index (χ3n) is 5.20. The smallest absolute Gasteiger partial charge is 0.338 e. The highest BCUT2D eigenvalue weighted by Crippen LogP contribution is 2.30. The lowest BCUT2D eigenvalue weighted by molar-refractivity contribution is -0.139. The molecule has 164 valence electrons. The van der Waals surface area contributed by atoms with Gasteiger partial charge < -0.3 is 20.7 Å². The summed E-state index contributed by atoms with van der Waals surface area (Å²) in [6.07, 6.45) is 0.797. The van der Waals surface area contributed by atoms with Crippen LogP contribution in [0, 0.1) is 13.8 Å². The first-order chi connectivity index (χ1) is 14.9. The fraction of sp³-hybridized carbons (Fsp3) is 0.333. The van der Waals surface area contributed by atoms with Gasteiger partial charge in [-0.1, -0.05) is 47.5 Å². The predicted octanol–water partition coefficient (Wildman–Crippen LogP) is 3.96. The van der Waals surface area contributed by atoms with Crippen LogP contribution in [0.5, 0.6) is 0 Å². The number of carbonyl (C=O) groups is 2. The molecule has 31 heavy (non-hydrogen) atoms. The Kier molecular flexibility index (Phi) is 7.71. The molecular formula is C24H28ClN3O3. The van der Waals surface area contributed by atoms with Gasteiger partial charge in [0.1, 0.15) is 0 Å². The van der Waals surface area contributed by atoms with Gasteiger partial charge in [0.25, 0.3) is 0 Å². The Morgan fingerprint density at radius 1 is 1.16 bits per heavy atom. The van der Waals surface area contributed by atoms with E-state index in [1.807, 2.05) is 56.3 Å². The van der Waals surface area contributed by atoms with Crippen LogP contribution in [-0.4, -0.2) is 31.7 Å². The molecule has 0 bridgehead atoms. The van der Waals surface area contributed by atoms with Gasteiger partial charge in [-0.05, 0) is 62.6 Å². The second-order valence-corrected chi connectivity index (χ2v) is 7.99. The lowest BCUT2D eigenvalue weighted by Gasteiger charge is -2.30. The summed E-state index contributed by atoms with van der Waals surface area (Å²) in [5, 5.41) is 9.71. The number of carbonyl (C=O) groups excluding carboxylic acids is 2. The third-order valence-corrected chi connectivity index (χ3v) is 5.45. The van der Waals surface area contributed by atoms with E-state index in [1.54, 1.807) is 6.92 Å². The van der Waals surface area contributed by atoms with Gasteiger partial charge in [-0.15, -0.1) is 0 Å². The van der Waals surface area contributed by atoms with Crippen LogP contribution in [0.4, 0.5) is 4.79 Å². The first kappa shape index (κ1) is 22.8. The van der Waals surface area contributed by atoms with Gasteiger partial charge in [0.05, 0.1) is 18.2 Å². The monoisotopic (exact) mass is 441 g/mol. The maximum atomic E-state index is 12.9. The topological polar surface area (TPSA) is 79.5 Å². The van der Waals surface area contributed by atoms with E-state index in [0.29, 0.717) is 29.4 Å². The van der Waals surface area contributed by atoms with E-state index >= 15 is 0 Å². The standard InChI is InChI=1S/C24H28ClN3O3/c1-4-31-23(29)21-20(14-26-12-11-17-7-9-18(25)10-8-17)27-24(30)28-22(21)19-13-15(2)5-6-16(19)3/h5-10,13,22,26H,4,11-12,14H2,1-3H3,(H2,27,28,30)/t22-/m0/s1. The molecule has 0 fully saturated rings. The molecule has 7 heteroatoms. The molecule has 0 saturated carbocycles. The molecule has 6 nitrogen and oxygen atoms in total. The minimum atomic E-state index is -0.569. The molecule has 2 amide bonds. The van der Waals surface area contributed by atoms with Crippen molar-refractivity contribution >= 4 is 23.6 Å². The fourth-order valence-corrected chi connectivity index (χ4v) is 3.73. The van der Waals surface area contributed by atoms with E-state index in [1.165, 1.54) is 0 Å². The molecule has 1 aliphatic heterocycles. The summed E-state index contributed by atoms with van der Waals surface area (Å²) in [5.41, 5.74) is 5.04. The Morgan fingerprint density at radius 3 is 2.61 bits per heavy atom. The molecule has 3 N–H and O–H groups in total. The number of hydrogen-bond acceptors (Lipinski definition) is 4. The van der Waals surface area contributed by atoms with Crippen LogP contribution in [0.2, 0.25) is 5.02 Å². The summed E-state index contributed by atoms with van der Waals surface area (Å²) in [6, 6.07) is 12.8. The van der Waals surface area contributed by atoms with Crippen molar-refractivity contribution in [1.29, 1.82) is 0 Å². The average Bonchev–Trinajstić information content (AvgIpc) is 2.74. The highest BCUT2D eigenvalue weighted by Gasteiger charge is 2.34. The molecule has 0 spiro atoms. The summed E-state index contributed by atoms with van der Waals surface area (Å²) in [4.78, 5) is 25.3. The zero-order valence-corrected chi connectivity index (χ0v) is 18.8. The first-order valence-electron chi connectivity index (χ1n) is 10.4. The van der Waals surface area contributed by atoms with Crippen LogP contribution in [0.15, 0.2) is 53.7 Å². The number of esters is 1. The van der Waals surface area contributed by atoms with Crippen molar-refractivity contribution in [1.82, 2.24) is 16.0 Å². The number of rotatable bonds is 8. The van der Waals surface area contributed by atoms with Gasteiger partial charge in [-0.3, -0.25) is 0 Å². The number of urea groups is 1. The van der Waals surface area contributed by atoms with Crippen LogP contribution >= 0.6 is 11.6 Å². The second kappa shape index (κ2) is 10.5. The normalized spacial score (nSPS) is 16.0. The van der Waals surface area contributed by atoms with E-state index in [4.69, 9.17) is 16.3 Å². The van der Waals surface area contributed by atoms with E-state index in [-0.39, 0.29) is 12.6 Å². The van der Waals surface area contributed by atoms with Crippen molar-refractivity contribution in [2.45, 2.75) is 33.2 Å². The second-order valence-electron chi connectivity index (χ2n) is 7.56. The van der Waals surface area contributed by atoms with Crippen LogP contribution in [0.25, 0.3) is 0 Å². The minimum absolute atomic E-state index is 0.257. The van der Waals surface area contributed by atoms with Gasteiger partial charge in [-0.2, -0.15) is 0 Å². The average molecular weight is 442 g/mol. The van der Waals surface area contributed by atoms with E-state index in [0.717, 1.165) is 28.7 Å². The number of hydrogen-bond donors (Lipinski definition) is 3. The minimum Gasteiger partial charge on any atom is -0.463 e. The number of nitrogens with one attached hydrogen (secondary N) is 3. The first-order valence-corrected chi connectivity index (χ1v) is 10.8. The molecular weight excluding hydrogens is 414 g/mol. The van der Waals surface area contributed by atoms with Crippen LogP contribution < -0.4 is 16.0 Å². The highest BCUT2D eigenvalue weighted by molar-refractivity contribution is 6.30. The maximum absolute atomic E-state index is 12.9. The van der Waals surface area contributed by atoms with Crippen molar-refractivity contribution in [3.8, 4) is 0 Å². The molecule has 2 aromatic carbocycles. The van der Waals surface area contributed by atoms with Crippen molar-refractivity contribution in [3.05, 3.63) is 81.0 Å². The SMILES string of the molecule is CCOC(=O)C1=C(CNCCc2ccc(Cl)cc2)NC(=O)N[C@H]1c1cc(C)ccc1C. The van der Waals surface area contributed by atoms with Crippen molar-refractivity contribution < 1.29 is 14.3 Å². The number of benzene rings is 2. The lowest BCUT2D eigenvalue weighted by atomic mass is 9.91. The predicted molar refractivity (Wildman–Crippen MR) is 122 cm³/mol. The zero-order chi connectivity index (χ0) is 22.4. The summed E-state index contributed by atoms with van der Waals surface area (Å²) in [7, 11) is 0. The maximum Gasteiger partial charge on any atom is 0.338 e. The summed E-state index contributed by atoms with van der Waals surface area (Å²) in [5.74, 6) is -0.435. The van der Waals surface area contributed by atoms with Crippen LogP contribution in [0.1, 0.15) is 35.2 Å². The van der Waals surface area contributed by atoms with Gasteiger partial charge in [0.2, 0.25) is 0 Å². The summed E-state index contributed by atoms with van der Waals surface area (Å²) >= 11 is 5.93. The molecule has 2 aromatic rings. The number of ether oxygens (including phenoxy) is 1. The zero-order valence-electron chi connectivity index (χ0n) is 18.0. The Balaban J connectivity index is 1.83. The highest BCUT2D eigenvalue weighted by atomic mass is 35.5. The van der Waals surface area contributed by atoms with Crippen molar-refractivity contribution in [3.63, 3.8) is 0 Å².